The lowest BCUT2D eigenvalue weighted by Crippen LogP contribution is -2.47. The van der Waals surface area contributed by atoms with Crippen molar-refractivity contribution in [2.45, 2.75) is 83.6 Å². The Kier molecular flexibility index (Phi) is 12.9. The van der Waals surface area contributed by atoms with Gasteiger partial charge in [0.15, 0.2) is 10.7 Å². The highest BCUT2D eigenvalue weighted by Crippen LogP contribution is 2.30. The summed E-state index contributed by atoms with van der Waals surface area (Å²) < 4.78 is 52.3. The lowest BCUT2D eigenvalue weighted by Gasteiger charge is -2.36. The van der Waals surface area contributed by atoms with Gasteiger partial charge in [0.1, 0.15) is 17.2 Å². The molecule has 1 aliphatic rings. The molecular weight excluding hydrogens is 636 g/mol. The van der Waals surface area contributed by atoms with Gasteiger partial charge in [-0.05, 0) is 89.9 Å². The fourth-order valence-corrected chi connectivity index (χ4v) is 7.31. The Morgan fingerprint density at radius 1 is 1.15 bits per heavy atom. The molecule has 0 saturated carbocycles. The molecule has 0 spiro atoms. The molecule has 12 nitrogen and oxygen atoms in total. The van der Waals surface area contributed by atoms with Crippen LogP contribution < -0.4 is 14.2 Å². The average molecular weight is 687 g/mol. The maximum Gasteiger partial charge on any atom is 0.267 e. The van der Waals surface area contributed by atoms with Gasteiger partial charge in [-0.2, -0.15) is 0 Å². The number of amides is 1. The quantitative estimate of drug-likeness (QED) is 0.298. The van der Waals surface area contributed by atoms with Gasteiger partial charge in [-0.3, -0.25) is 14.4 Å². The van der Waals surface area contributed by atoms with Crippen molar-refractivity contribution in [3.8, 4) is 11.5 Å². The number of hydrogen-bond acceptors (Lipinski definition) is 10. The van der Waals surface area contributed by atoms with Crippen LogP contribution in [-0.4, -0.2) is 93.1 Å². The van der Waals surface area contributed by atoms with Crippen LogP contribution >= 0.6 is 0 Å². The third kappa shape index (κ3) is 9.49. The lowest BCUT2D eigenvalue weighted by atomic mass is 10.0. The maximum atomic E-state index is 14.4. The first kappa shape index (κ1) is 37.2. The van der Waals surface area contributed by atoms with Crippen LogP contribution in [0.25, 0.3) is 0 Å². The Balaban J connectivity index is 1.63. The molecule has 1 amide bonds. The number of aromatic nitrogens is 1. The van der Waals surface area contributed by atoms with Crippen molar-refractivity contribution in [1.29, 1.82) is 0 Å². The highest BCUT2D eigenvalue weighted by atomic mass is 32.2. The number of sulfonamides is 1. The molecule has 2 aromatic carbocycles. The summed E-state index contributed by atoms with van der Waals surface area (Å²) in [5, 5.41) is 14.0. The van der Waals surface area contributed by atoms with E-state index in [1.165, 1.54) is 13.0 Å². The highest BCUT2D eigenvalue weighted by Gasteiger charge is 2.31. The maximum absolute atomic E-state index is 14.4. The van der Waals surface area contributed by atoms with Gasteiger partial charge in [-0.15, -0.1) is 0 Å². The number of aliphatic hydroxyl groups is 1. The molecule has 48 heavy (non-hydrogen) atoms. The minimum atomic E-state index is -4.06. The molecule has 4 rings (SSSR count). The number of ether oxygens (including phenoxy) is 3. The second kappa shape index (κ2) is 16.6. The smallest absolute Gasteiger partial charge is 0.267 e. The largest absolute Gasteiger partial charge is 0.497 e. The normalized spacial score (nSPS) is 20.5. The molecule has 0 fully saturated rings. The van der Waals surface area contributed by atoms with Gasteiger partial charge in [0.05, 0.1) is 37.5 Å². The van der Waals surface area contributed by atoms with Crippen LogP contribution in [0.1, 0.15) is 67.4 Å². The molecule has 13 heteroatoms. The second-order valence-corrected chi connectivity index (χ2v) is 14.4. The van der Waals surface area contributed by atoms with Crippen LogP contribution in [0.4, 0.5) is 5.69 Å². The van der Waals surface area contributed by atoms with Crippen LogP contribution in [0.3, 0.4) is 0 Å². The van der Waals surface area contributed by atoms with E-state index in [1.54, 1.807) is 38.0 Å². The van der Waals surface area contributed by atoms with E-state index in [4.69, 9.17) is 18.7 Å². The predicted octanol–water partition coefficient (Wildman–Crippen LogP) is 5.03. The molecule has 0 saturated heterocycles. The Hall–Kier alpha value is -3.65. The number of aryl methyl sites for hydroxylation is 2. The molecule has 0 radical (unpaired) electrons. The topological polar surface area (TPSA) is 144 Å². The van der Waals surface area contributed by atoms with E-state index < -0.39 is 16.1 Å². The van der Waals surface area contributed by atoms with Crippen LogP contribution in [0.2, 0.25) is 0 Å². The van der Waals surface area contributed by atoms with E-state index in [0.29, 0.717) is 32.0 Å². The molecule has 2 heterocycles. The van der Waals surface area contributed by atoms with E-state index in [-0.39, 0.29) is 58.2 Å². The highest BCUT2D eigenvalue weighted by molar-refractivity contribution is 7.92. The first-order valence-electron chi connectivity index (χ1n) is 16.4. The van der Waals surface area contributed by atoms with Crippen molar-refractivity contribution in [3.63, 3.8) is 0 Å². The molecular formula is C35H50N4O8S. The van der Waals surface area contributed by atoms with Crippen molar-refractivity contribution < 1.29 is 37.1 Å². The summed E-state index contributed by atoms with van der Waals surface area (Å²) in [4.78, 5) is 18.2. The van der Waals surface area contributed by atoms with Crippen molar-refractivity contribution in [3.05, 3.63) is 65.0 Å². The Morgan fingerprint density at radius 3 is 2.52 bits per heavy atom. The molecule has 3 aromatic rings. The SMILES string of the molecule is COc1ccc(CN(C)C[C@@H]2OCCCC[C@@H](C)Oc3ccc(NS(=O)(=O)c4c(C)noc4C)cc3C(=O)N([C@@H](C)CO)C[C@H]2C)cc1. The van der Waals surface area contributed by atoms with Gasteiger partial charge in [0.25, 0.3) is 15.9 Å². The van der Waals surface area contributed by atoms with E-state index in [1.807, 2.05) is 38.2 Å². The van der Waals surface area contributed by atoms with Crippen molar-refractivity contribution >= 4 is 21.6 Å². The summed E-state index contributed by atoms with van der Waals surface area (Å²) >= 11 is 0. The Morgan fingerprint density at radius 2 is 1.88 bits per heavy atom. The monoisotopic (exact) mass is 686 g/mol. The van der Waals surface area contributed by atoms with Gasteiger partial charge >= 0.3 is 0 Å². The summed E-state index contributed by atoms with van der Waals surface area (Å²) in [5.74, 6) is 0.827. The summed E-state index contributed by atoms with van der Waals surface area (Å²) in [5.41, 5.74) is 1.75. The number of nitrogens with zero attached hydrogens (tertiary/aromatic N) is 3. The first-order chi connectivity index (χ1) is 22.8. The number of fused-ring (bicyclic) bond motifs is 1. The molecule has 0 unspecified atom stereocenters. The minimum absolute atomic E-state index is 0.0499. The fourth-order valence-electron chi connectivity index (χ4n) is 5.93. The van der Waals surface area contributed by atoms with Crippen LogP contribution in [0.5, 0.6) is 11.5 Å². The number of anilines is 1. The van der Waals surface area contributed by atoms with Gasteiger partial charge in [-0.25, -0.2) is 8.42 Å². The standard InChI is InChI=1S/C35H50N4O8S/c1-23-19-39(24(2)22-40)35(41)31-18-29(37-48(42,43)34-26(4)36-47-27(34)5)13-16-32(31)46-25(3)10-8-9-17-45-33(23)21-38(6)20-28-11-14-30(44-7)15-12-28/h11-16,18,23-25,33,37,40H,8-10,17,19-22H2,1-7H3/t23-,24+,25-,33+/m1/s1. The van der Waals surface area contributed by atoms with Crippen molar-refractivity contribution in [2.24, 2.45) is 5.92 Å². The van der Waals surface area contributed by atoms with E-state index in [2.05, 4.69) is 21.7 Å². The van der Waals surface area contributed by atoms with Gasteiger partial charge in [0.2, 0.25) is 0 Å². The van der Waals surface area contributed by atoms with E-state index in [9.17, 15) is 18.3 Å². The Bertz CT molecular complexity index is 1590. The number of hydrogen-bond donors (Lipinski definition) is 2. The zero-order chi connectivity index (χ0) is 35.0. The van der Waals surface area contributed by atoms with Crippen LogP contribution in [0.15, 0.2) is 51.9 Å². The molecule has 0 bridgehead atoms. The van der Waals surface area contributed by atoms with Crippen LogP contribution in [0, 0.1) is 19.8 Å². The summed E-state index contributed by atoms with van der Waals surface area (Å²) in [6, 6.07) is 12.1. The zero-order valence-electron chi connectivity index (χ0n) is 29.1. The number of likely N-dealkylation sites (N-methyl/N-ethyl adjacent to an activating group) is 1. The third-order valence-corrected chi connectivity index (χ3v) is 10.3. The fraction of sp³-hybridized carbons (Fsp3) is 0.543. The number of carbonyl (C=O) groups is 1. The number of benzene rings is 2. The number of rotatable bonds is 10. The number of aliphatic hydroxyl groups excluding tert-OH is 1. The Labute approximate surface area is 284 Å². The van der Waals surface area contributed by atoms with Gasteiger partial charge in [0, 0.05) is 37.8 Å². The molecule has 0 aliphatic carbocycles. The molecule has 2 N–H and O–H groups in total. The van der Waals surface area contributed by atoms with Gasteiger partial charge < -0.3 is 28.7 Å². The summed E-state index contributed by atoms with van der Waals surface area (Å²) in [7, 11) is -0.369. The van der Waals surface area contributed by atoms with Crippen molar-refractivity contribution in [1.82, 2.24) is 15.0 Å². The molecule has 4 atom stereocenters. The minimum Gasteiger partial charge on any atom is -0.497 e. The van der Waals surface area contributed by atoms with Gasteiger partial charge in [-0.1, -0.05) is 24.2 Å². The van der Waals surface area contributed by atoms with E-state index in [0.717, 1.165) is 30.6 Å². The van der Waals surface area contributed by atoms with Crippen LogP contribution in [-0.2, 0) is 21.3 Å². The first-order valence-corrected chi connectivity index (χ1v) is 17.9. The number of carbonyl (C=O) groups excluding carboxylic acids is 1. The molecule has 1 aliphatic heterocycles. The zero-order valence-corrected chi connectivity index (χ0v) is 29.9. The molecule has 264 valence electrons. The second-order valence-electron chi connectivity index (χ2n) is 12.8. The molecule has 1 aromatic heterocycles. The number of nitrogens with one attached hydrogen (secondary N) is 1. The predicted molar refractivity (Wildman–Crippen MR) is 183 cm³/mol. The summed E-state index contributed by atoms with van der Waals surface area (Å²) in [6.45, 7) is 10.8. The lowest BCUT2D eigenvalue weighted by molar-refractivity contribution is -0.0177. The number of methoxy groups -OCH3 is 1. The summed E-state index contributed by atoms with van der Waals surface area (Å²) in [6.07, 6.45) is 2.06. The van der Waals surface area contributed by atoms with Crippen molar-refractivity contribution in [2.75, 3.05) is 45.2 Å². The average Bonchev–Trinajstić information content (AvgIpc) is 3.40. The third-order valence-electron chi connectivity index (χ3n) is 8.64. The van der Waals surface area contributed by atoms with E-state index >= 15 is 0 Å².